The lowest BCUT2D eigenvalue weighted by molar-refractivity contribution is 0.319. The molecule has 0 saturated heterocycles. The second-order valence-electron chi connectivity index (χ2n) is 5.37. The Morgan fingerprint density at radius 3 is 2.62 bits per heavy atom. The molecule has 0 radical (unpaired) electrons. The molecule has 0 spiro atoms. The van der Waals surface area contributed by atoms with Crippen LogP contribution in [0.5, 0.6) is 0 Å². The second-order valence-corrected chi connectivity index (χ2v) is 7.48. The number of anilines is 1. The average molecular weight is 369 g/mol. The van der Waals surface area contributed by atoms with Gasteiger partial charge in [-0.25, -0.2) is 13.4 Å². The van der Waals surface area contributed by atoms with Crippen LogP contribution in [-0.4, -0.2) is 30.9 Å². The molecule has 0 fully saturated rings. The van der Waals surface area contributed by atoms with E-state index in [4.69, 9.17) is 9.52 Å². The predicted octanol–water partition coefficient (Wildman–Crippen LogP) is 2.57. The predicted molar refractivity (Wildman–Crippen MR) is 96.8 cm³/mol. The molecule has 0 aliphatic heterocycles. The lowest BCUT2D eigenvalue weighted by Gasteiger charge is -2.05. The number of benzene rings is 2. The molecule has 0 atom stereocenters. The normalized spacial score (nSPS) is 12.1. The monoisotopic (exact) mass is 369 g/mol. The summed E-state index contributed by atoms with van der Waals surface area (Å²) in [6, 6.07) is 15.2. The number of oxazole rings is 1. The highest BCUT2D eigenvalue weighted by atomic mass is 32.2. The first-order chi connectivity index (χ1) is 12.5. The molecular weight excluding hydrogens is 354 g/mol. The van der Waals surface area contributed by atoms with Gasteiger partial charge in [-0.2, -0.15) is 5.26 Å². The Bertz CT molecular complexity index is 1060. The van der Waals surface area contributed by atoms with Crippen molar-refractivity contribution in [3.8, 4) is 6.07 Å². The number of hydrogen-bond donors (Lipinski definition) is 2. The van der Waals surface area contributed by atoms with Gasteiger partial charge in [-0.1, -0.05) is 12.1 Å². The van der Waals surface area contributed by atoms with Gasteiger partial charge in [-0.15, -0.1) is 0 Å². The first-order valence-electron chi connectivity index (χ1n) is 7.70. The van der Waals surface area contributed by atoms with Gasteiger partial charge >= 0.3 is 0 Å². The van der Waals surface area contributed by atoms with E-state index >= 15 is 0 Å². The van der Waals surface area contributed by atoms with Gasteiger partial charge in [0.15, 0.2) is 15.4 Å². The minimum atomic E-state index is -3.49. The molecule has 8 heteroatoms. The van der Waals surface area contributed by atoms with Gasteiger partial charge in [-0.05, 0) is 36.4 Å². The molecule has 1 heterocycles. The van der Waals surface area contributed by atoms with Crippen LogP contribution in [0.4, 0.5) is 5.69 Å². The molecule has 0 unspecified atom stereocenters. The Hall–Kier alpha value is -3.15. The number of aromatic nitrogens is 1. The van der Waals surface area contributed by atoms with E-state index in [1.54, 1.807) is 24.3 Å². The zero-order chi connectivity index (χ0) is 18.6. The van der Waals surface area contributed by atoms with E-state index in [0.717, 1.165) is 0 Å². The van der Waals surface area contributed by atoms with Crippen LogP contribution in [0.2, 0.25) is 0 Å². The Morgan fingerprint density at radius 1 is 1.23 bits per heavy atom. The number of allylic oxidation sites excluding steroid dienone is 1. The van der Waals surface area contributed by atoms with Crippen molar-refractivity contribution >= 4 is 32.2 Å². The number of nitrogens with one attached hydrogen (secondary N) is 1. The summed E-state index contributed by atoms with van der Waals surface area (Å²) in [5.74, 6) is -0.126. The fourth-order valence-electron chi connectivity index (χ4n) is 2.28. The maximum Gasteiger partial charge on any atom is 0.239 e. The highest BCUT2D eigenvalue weighted by Crippen LogP contribution is 2.21. The third-order valence-corrected chi connectivity index (χ3v) is 5.31. The van der Waals surface area contributed by atoms with Gasteiger partial charge in [0.2, 0.25) is 5.89 Å². The quantitative estimate of drug-likeness (QED) is 0.641. The highest BCUT2D eigenvalue weighted by Gasteiger charge is 2.13. The smallest absolute Gasteiger partial charge is 0.239 e. The van der Waals surface area contributed by atoms with Crippen molar-refractivity contribution < 1.29 is 17.9 Å². The molecule has 2 aromatic carbocycles. The summed E-state index contributed by atoms with van der Waals surface area (Å²) in [5, 5.41) is 21.1. The number of aliphatic hydroxyl groups excluding tert-OH is 1. The van der Waals surface area contributed by atoms with Gasteiger partial charge in [-0.3, -0.25) is 0 Å². The third kappa shape index (κ3) is 3.74. The largest absolute Gasteiger partial charge is 0.435 e. The van der Waals surface area contributed by atoms with Crippen LogP contribution < -0.4 is 5.32 Å². The zero-order valence-corrected chi connectivity index (χ0v) is 14.4. The fourth-order valence-corrected chi connectivity index (χ4v) is 3.31. The van der Waals surface area contributed by atoms with E-state index in [1.807, 2.05) is 18.2 Å². The minimum Gasteiger partial charge on any atom is -0.435 e. The van der Waals surface area contributed by atoms with E-state index in [-0.39, 0.29) is 22.1 Å². The fraction of sp³-hybridized carbons (Fsp3) is 0.111. The van der Waals surface area contributed by atoms with Crippen molar-refractivity contribution in [2.75, 3.05) is 17.7 Å². The maximum absolute atomic E-state index is 11.9. The molecule has 26 heavy (non-hydrogen) atoms. The molecule has 0 saturated carbocycles. The van der Waals surface area contributed by atoms with Crippen molar-refractivity contribution in [3.63, 3.8) is 0 Å². The number of nitriles is 1. The van der Waals surface area contributed by atoms with Crippen molar-refractivity contribution in [1.82, 2.24) is 4.98 Å². The van der Waals surface area contributed by atoms with Crippen LogP contribution >= 0.6 is 0 Å². The molecule has 1 aromatic heterocycles. The van der Waals surface area contributed by atoms with E-state index in [9.17, 15) is 13.7 Å². The third-order valence-electron chi connectivity index (χ3n) is 3.60. The van der Waals surface area contributed by atoms with E-state index < -0.39 is 16.4 Å². The summed E-state index contributed by atoms with van der Waals surface area (Å²) in [5.41, 5.74) is 2.04. The molecule has 0 aliphatic carbocycles. The Balaban J connectivity index is 1.80. The molecular formula is C18H15N3O4S. The van der Waals surface area contributed by atoms with Crippen LogP contribution in [0, 0.1) is 11.3 Å². The van der Waals surface area contributed by atoms with Gasteiger partial charge in [0, 0.05) is 11.9 Å². The Labute approximate surface area is 150 Å². The summed E-state index contributed by atoms with van der Waals surface area (Å²) in [6.07, 6.45) is 1.45. The van der Waals surface area contributed by atoms with Crippen molar-refractivity contribution in [3.05, 3.63) is 60.6 Å². The molecule has 132 valence electrons. The summed E-state index contributed by atoms with van der Waals surface area (Å²) in [7, 11) is -3.49. The van der Waals surface area contributed by atoms with Crippen LogP contribution in [-0.2, 0) is 9.84 Å². The van der Waals surface area contributed by atoms with Crippen molar-refractivity contribution in [2.45, 2.75) is 4.90 Å². The Morgan fingerprint density at radius 2 is 1.96 bits per heavy atom. The minimum absolute atomic E-state index is 0.125. The van der Waals surface area contributed by atoms with E-state index in [1.165, 1.54) is 18.3 Å². The average Bonchev–Trinajstić information content (AvgIpc) is 3.06. The molecule has 3 aromatic rings. The van der Waals surface area contributed by atoms with Gasteiger partial charge in [0.05, 0.1) is 17.3 Å². The molecule has 0 amide bonds. The van der Waals surface area contributed by atoms with Crippen LogP contribution in [0.15, 0.2) is 64.0 Å². The summed E-state index contributed by atoms with van der Waals surface area (Å²) in [4.78, 5) is 4.39. The molecule has 0 bridgehead atoms. The van der Waals surface area contributed by atoms with Crippen LogP contribution in [0.25, 0.3) is 16.7 Å². The standard InChI is InChI=1S/C18H15N3O4S/c19-11-13(18-21-16-3-1-2-4-17(16)25-18)12-20-14-5-7-15(8-6-14)26(23,24)10-9-22/h1-8,12,20,22H,9-10H2. The summed E-state index contributed by atoms with van der Waals surface area (Å²) < 4.78 is 29.3. The first kappa shape index (κ1) is 17.7. The molecule has 2 N–H and O–H groups in total. The van der Waals surface area contributed by atoms with E-state index in [0.29, 0.717) is 16.8 Å². The zero-order valence-electron chi connectivity index (χ0n) is 13.6. The topological polar surface area (TPSA) is 116 Å². The van der Waals surface area contributed by atoms with E-state index in [2.05, 4.69) is 10.3 Å². The number of hydrogen-bond acceptors (Lipinski definition) is 7. The van der Waals surface area contributed by atoms with Gasteiger partial charge < -0.3 is 14.8 Å². The van der Waals surface area contributed by atoms with Gasteiger partial charge in [0.25, 0.3) is 0 Å². The lowest BCUT2D eigenvalue weighted by Crippen LogP contribution is -2.09. The lowest BCUT2D eigenvalue weighted by atomic mass is 10.3. The number of fused-ring (bicyclic) bond motifs is 1. The highest BCUT2D eigenvalue weighted by molar-refractivity contribution is 7.91. The number of aliphatic hydroxyl groups is 1. The Kier molecular flexibility index (Phi) is 5.02. The van der Waals surface area contributed by atoms with Crippen molar-refractivity contribution in [2.24, 2.45) is 0 Å². The number of rotatable bonds is 6. The van der Waals surface area contributed by atoms with Crippen LogP contribution in [0.1, 0.15) is 5.89 Å². The van der Waals surface area contributed by atoms with Crippen LogP contribution in [0.3, 0.4) is 0 Å². The number of sulfone groups is 1. The second kappa shape index (κ2) is 7.39. The first-order valence-corrected chi connectivity index (χ1v) is 9.35. The van der Waals surface area contributed by atoms with Gasteiger partial charge in [0.1, 0.15) is 17.2 Å². The molecule has 7 nitrogen and oxygen atoms in total. The SMILES string of the molecule is N#CC(=CNc1ccc(S(=O)(=O)CCO)cc1)c1nc2ccccc2o1. The number of nitrogens with zero attached hydrogens (tertiary/aromatic N) is 2. The van der Waals surface area contributed by atoms with Crippen molar-refractivity contribution in [1.29, 1.82) is 5.26 Å². The molecule has 0 aliphatic rings. The summed E-state index contributed by atoms with van der Waals surface area (Å²) in [6.45, 7) is -0.429. The summed E-state index contributed by atoms with van der Waals surface area (Å²) >= 11 is 0. The number of para-hydroxylation sites is 2. The maximum atomic E-state index is 11.9. The molecule has 3 rings (SSSR count).